The number of hydrogen-bond donors (Lipinski definition) is 0. The van der Waals surface area contributed by atoms with Crippen molar-refractivity contribution >= 4 is 31.4 Å². The topological polar surface area (TPSA) is 43.4 Å². The minimum absolute atomic E-state index is 0.0881. The van der Waals surface area contributed by atoms with Crippen LogP contribution in [-0.4, -0.2) is 26.4 Å². The zero-order valence-electron chi connectivity index (χ0n) is 15.0. The maximum atomic E-state index is 13.2. The second-order valence-corrected chi connectivity index (χ2v) is 12.7. The largest absolute Gasteiger partial charge is 0.465 e. The third-order valence-electron chi connectivity index (χ3n) is 5.96. The van der Waals surface area contributed by atoms with Gasteiger partial charge in [0.25, 0.3) is 0 Å². The average Bonchev–Trinajstić information content (AvgIpc) is 3.35. The molecule has 0 N–H and O–H groups in total. The van der Waals surface area contributed by atoms with E-state index in [4.69, 9.17) is 16.3 Å². The molecule has 2 atom stereocenters. The Labute approximate surface area is 150 Å². The monoisotopic (exact) mass is 366 g/mol. The van der Waals surface area contributed by atoms with E-state index < -0.39 is 13.5 Å². The number of rotatable bonds is 8. The van der Waals surface area contributed by atoms with Gasteiger partial charge in [-0.1, -0.05) is 50.5 Å². The molecule has 0 aliphatic heterocycles. The lowest BCUT2D eigenvalue weighted by molar-refractivity contribution is -0.147. The molecule has 1 aliphatic rings. The van der Waals surface area contributed by atoms with Gasteiger partial charge in [-0.3, -0.25) is 9.59 Å². The summed E-state index contributed by atoms with van der Waals surface area (Å²) in [6.45, 7) is 8.72. The number of carbonyl (C=O) groups is 2. The molecule has 0 bridgehead atoms. The molecule has 1 aliphatic carbocycles. The molecule has 3 nitrogen and oxygen atoms in total. The molecule has 0 spiro atoms. The third kappa shape index (κ3) is 3.06. The molecule has 0 saturated heterocycles. The van der Waals surface area contributed by atoms with Crippen molar-refractivity contribution in [3.05, 3.63) is 34.9 Å². The van der Waals surface area contributed by atoms with Crippen LogP contribution in [0.2, 0.25) is 28.7 Å². The van der Waals surface area contributed by atoms with Gasteiger partial charge in [-0.25, -0.2) is 0 Å². The van der Waals surface area contributed by atoms with Crippen LogP contribution in [-0.2, 0) is 9.53 Å². The smallest absolute Gasteiger partial charge is 0.319 e. The molecule has 24 heavy (non-hydrogen) atoms. The highest BCUT2D eigenvalue weighted by molar-refractivity contribution is 6.82. The number of halogens is 1. The Morgan fingerprint density at radius 1 is 1.12 bits per heavy atom. The van der Waals surface area contributed by atoms with Crippen molar-refractivity contribution in [3.63, 3.8) is 0 Å². The highest BCUT2D eigenvalue weighted by Gasteiger charge is 2.71. The summed E-state index contributed by atoms with van der Waals surface area (Å²) in [7, 11) is -1.67. The summed E-state index contributed by atoms with van der Waals surface area (Å²) in [6.07, 6.45) is 0.648. The van der Waals surface area contributed by atoms with Crippen LogP contribution in [0.15, 0.2) is 24.3 Å². The summed E-state index contributed by atoms with van der Waals surface area (Å²) in [5, 5.41) is 0.587. The number of ether oxygens (including phenoxy) is 1. The molecule has 1 saturated carbocycles. The predicted octanol–water partition coefficient (Wildman–Crippen LogP) is 5.35. The molecule has 1 fully saturated rings. The van der Waals surface area contributed by atoms with Gasteiger partial charge in [0.15, 0.2) is 5.78 Å². The van der Waals surface area contributed by atoms with Crippen LogP contribution in [0.25, 0.3) is 0 Å². The lowest BCUT2D eigenvalue weighted by atomic mass is 9.95. The highest BCUT2D eigenvalue weighted by atomic mass is 35.5. The van der Waals surface area contributed by atoms with Gasteiger partial charge in [0.05, 0.1) is 14.7 Å². The lowest BCUT2D eigenvalue weighted by Crippen LogP contribution is -2.39. The van der Waals surface area contributed by atoms with Crippen LogP contribution < -0.4 is 0 Å². The first kappa shape index (κ1) is 19.2. The summed E-state index contributed by atoms with van der Waals surface area (Å²) in [4.78, 5) is 26.0. The Balaban J connectivity index is 2.42. The molecule has 2 rings (SSSR count). The van der Waals surface area contributed by atoms with Crippen LogP contribution in [0.3, 0.4) is 0 Å². The Morgan fingerprint density at radius 3 is 2.12 bits per heavy atom. The third-order valence-corrected chi connectivity index (χ3v) is 12.6. The standard InChI is InChI=1S/C19H27ClO3Si/c1-5-23-18(22)19(13-16(19)24(6-2,7-3)8-4)17(21)14-9-11-15(20)12-10-14/h9-12,16H,5-8,13H2,1-4H3. The number of Topliss-reactive ketones (excluding diaryl/α,β-unsaturated/α-hetero) is 1. The Hall–Kier alpha value is -1.13. The minimum Gasteiger partial charge on any atom is -0.465 e. The van der Waals surface area contributed by atoms with Crippen LogP contribution in [0, 0.1) is 5.41 Å². The Kier molecular flexibility index (Phi) is 5.92. The fourth-order valence-electron chi connectivity index (χ4n) is 4.18. The van der Waals surface area contributed by atoms with Crippen molar-refractivity contribution in [2.45, 2.75) is 57.8 Å². The molecule has 0 radical (unpaired) electrons. The first-order chi connectivity index (χ1) is 11.4. The van der Waals surface area contributed by atoms with Gasteiger partial charge in [-0.15, -0.1) is 0 Å². The zero-order valence-corrected chi connectivity index (χ0v) is 16.8. The van der Waals surface area contributed by atoms with Gasteiger partial charge in [-0.05, 0) is 43.2 Å². The van der Waals surface area contributed by atoms with E-state index in [1.165, 1.54) is 0 Å². The van der Waals surface area contributed by atoms with Crippen LogP contribution in [0.5, 0.6) is 0 Å². The van der Waals surface area contributed by atoms with Crippen molar-refractivity contribution < 1.29 is 14.3 Å². The van der Waals surface area contributed by atoms with Gasteiger partial charge >= 0.3 is 5.97 Å². The average molecular weight is 367 g/mol. The summed E-state index contributed by atoms with van der Waals surface area (Å²) < 4.78 is 5.33. The first-order valence-corrected chi connectivity index (χ1v) is 12.0. The highest BCUT2D eigenvalue weighted by Crippen LogP contribution is 2.67. The predicted molar refractivity (Wildman–Crippen MR) is 100 cm³/mol. The Morgan fingerprint density at radius 2 is 1.67 bits per heavy atom. The van der Waals surface area contributed by atoms with Crippen LogP contribution in [0.4, 0.5) is 0 Å². The van der Waals surface area contributed by atoms with E-state index >= 15 is 0 Å². The van der Waals surface area contributed by atoms with Gasteiger partial charge < -0.3 is 4.74 Å². The van der Waals surface area contributed by atoms with Crippen molar-refractivity contribution in [1.82, 2.24) is 0 Å². The minimum atomic E-state index is -1.67. The molecule has 0 heterocycles. The van der Waals surface area contributed by atoms with E-state index in [0.29, 0.717) is 23.6 Å². The number of carbonyl (C=O) groups excluding carboxylic acids is 2. The normalized spacial score (nSPS) is 23.0. The van der Waals surface area contributed by atoms with Crippen molar-refractivity contribution in [2.24, 2.45) is 5.41 Å². The molecular formula is C19H27ClO3Si. The molecular weight excluding hydrogens is 340 g/mol. The van der Waals surface area contributed by atoms with Gasteiger partial charge in [0.2, 0.25) is 0 Å². The fourth-order valence-corrected chi connectivity index (χ4v) is 9.33. The van der Waals surface area contributed by atoms with E-state index in [-0.39, 0.29) is 17.3 Å². The van der Waals surface area contributed by atoms with Crippen LogP contribution >= 0.6 is 11.6 Å². The second kappa shape index (κ2) is 7.40. The van der Waals surface area contributed by atoms with E-state index in [2.05, 4.69) is 20.8 Å². The van der Waals surface area contributed by atoms with Crippen molar-refractivity contribution in [3.8, 4) is 0 Å². The van der Waals surface area contributed by atoms with E-state index in [0.717, 1.165) is 18.1 Å². The SMILES string of the molecule is CCOC(=O)C1(C(=O)c2ccc(Cl)cc2)CC1[Si](CC)(CC)CC. The fraction of sp³-hybridized carbons (Fsp3) is 0.579. The number of ketones is 1. The molecule has 0 aromatic heterocycles. The number of esters is 1. The maximum absolute atomic E-state index is 13.2. The molecule has 132 valence electrons. The quantitative estimate of drug-likeness (QED) is 0.269. The maximum Gasteiger partial charge on any atom is 0.319 e. The first-order valence-electron chi connectivity index (χ1n) is 8.89. The molecule has 1 aromatic carbocycles. The molecule has 2 unspecified atom stereocenters. The Bertz CT molecular complexity index is 601. The summed E-state index contributed by atoms with van der Waals surface area (Å²) in [5.74, 6) is -0.419. The van der Waals surface area contributed by atoms with E-state index in [1.807, 2.05) is 0 Å². The summed E-state index contributed by atoms with van der Waals surface area (Å²) >= 11 is 5.93. The van der Waals surface area contributed by atoms with Gasteiger partial charge in [0.1, 0.15) is 5.41 Å². The van der Waals surface area contributed by atoms with Gasteiger partial charge in [0, 0.05) is 10.6 Å². The number of benzene rings is 1. The zero-order chi connectivity index (χ0) is 18.0. The summed E-state index contributed by atoms with van der Waals surface area (Å²) in [5.41, 5.74) is -0.216. The summed E-state index contributed by atoms with van der Waals surface area (Å²) in [6, 6.07) is 10.1. The van der Waals surface area contributed by atoms with Crippen molar-refractivity contribution in [2.75, 3.05) is 6.61 Å². The number of hydrogen-bond acceptors (Lipinski definition) is 3. The van der Waals surface area contributed by atoms with E-state index in [9.17, 15) is 9.59 Å². The molecule has 1 aromatic rings. The lowest BCUT2D eigenvalue weighted by Gasteiger charge is -2.30. The molecule has 0 amide bonds. The second-order valence-electron chi connectivity index (χ2n) is 6.71. The van der Waals surface area contributed by atoms with Crippen LogP contribution in [0.1, 0.15) is 44.5 Å². The van der Waals surface area contributed by atoms with E-state index in [1.54, 1.807) is 31.2 Å². The molecule has 5 heteroatoms. The van der Waals surface area contributed by atoms with Gasteiger partial charge in [-0.2, -0.15) is 0 Å². The van der Waals surface area contributed by atoms with Crippen molar-refractivity contribution in [1.29, 1.82) is 0 Å².